The van der Waals surface area contributed by atoms with Gasteiger partial charge in [0.1, 0.15) is 18.1 Å². The molecule has 0 unspecified atom stereocenters. The Morgan fingerprint density at radius 2 is 2.19 bits per heavy atom. The van der Waals surface area contributed by atoms with Crippen LogP contribution >= 0.6 is 0 Å². The molecule has 32 heavy (non-hydrogen) atoms. The summed E-state index contributed by atoms with van der Waals surface area (Å²) in [6.45, 7) is 7.67. The van der Waals surface area contributed by atoms with Crippen molar-refractivity contribution < 1.29 is 19.4 Å². The van der Waals surface area contributed by atoms with E-state index in [9.17, 15) is 9.90 Å². The molecule has 0 amide bonds. The maximum absolute atomic E-state index is 12.0. The Bertz CT molecular complexity index is 858. The van der Waals surface area contributed by atoms with Crippen LogP contribution < -0.4 is 5.32 Å². The maximum atomic E-state index is 12.0. The summed E-state index contributed by atoms with van der Waals surface area (Å²) in [5.41, 5.74) is 1.82. The SMILES string of the molecule is C[C@@H]1COC(=O)CCCn2cc(nn2)CO[C@H](CN(C)Cc2cccc(O)c2)[C@H](C)CN1. The summed E-state index contributed by atoms with van der Waals surface area (Å²) in [6.07, 6.45) is 2.85. The molecule has 0 saturated heterocycles. The molecule has 9 heteroatoms. The van der Waals surface area contributed by atoms with Gasteiger partial charge in [0.15, 0.2) is 0 Å². The maximum Gasteiger partial charge on any atom is 0.305 e. The molecule has 2 bridgehead atoms. The van der Waals surface area contributed by atoms with Gasteiger partial charge in [0, 0.05) is 38.6 Å². The number of carbonyl (C=O) groups excluding carboxylic acids is 1. The Morgan fingerprint density at radius 3 is 3.00 bits per heavy atom. The van der Waals surface area contributed by atoms with Crippen LogP contribution in [-0.4, -0.2) is 69.9 Å². The number of nitrogens with zero attached hydrogens (tertiary/aromatic N) is 4. The number of hydrogen-bond donors (Lipinski definition) is 2. The molecule has 2 heterocycles. The Hall–Kier alpha value is -2.49. The minimum absolute atomic E-state index is 0.0439. The molecule has 1 aliphatic heterocycles. The summed E-state index contributed by atoms with van der Waals surface area (Å²) in [5.74, 6) is 0.295. The molecule has 0 spiro atoms. The third-order valence-electron chi connectivity index (χ3n) is 5.57. The van der Waals surface area contributed by atoms with E-state index in [1.165, 1.54) is 0 Å². The number of fused-ring (bicyclic) bond motifs is 2. The van der Waals surface area contributed by atoms with Crippen LogP contribution in [0.2, 0.25) is 0 Å². The van der Waals surface area contributed by atoms with Crippen LogP contribution in [0.3, 0.4) is 0 Å². The van der Waals surface area contributed by atoms with Gasteiger partial charge in [-0.25, -0.2) is 0 Å². The van der Waals surface area contributed by atoms with Gasteiger partial charge in [-0.3, -0.25) is 14.4 Å². The number of phenols is 1. The average molecular weight is 446 g/mol. The van der Waals surface area contributed by atoms with Crippen molar-refractivity contribution >= 4 is 5.97 Å². The van der Waals surface area contributed by atoms with Gasteiger partial charge in [0.2, 0.25) is 0 Å². The highest BCUT2D eigenvalue weighted by molar-refractivity contribution is 5.69. The van der Waals surface area contributed by atoms with Crippen molar-refractivity contribution in [3.63, 3.8) is 0 Å². The Kier molecular flexibility index (Phi) is 9.01. The second-order valence-corrected chi connectivity index (χ2v) is 8.76. The lowest BCUT2D eigenvalue weighted by Gasteiger charge is -2.30. The minimum atomic E-state index is -0.186. The van der Waals surface area contributed by atoms with Gasteiger partial charge < -0.3 is 19.9 Å². The monoisotopic (exact) mass is 445 g/mol. The quantitative estimate of drug-likeness (QED) is 0.689. The van der Waals surface area contributed by atoms with Crippen molar-refractivity contribution in [3.05, 3.63) is 41.7 Å². The molecular formula is C23H35N5O4. The highest BCUT2D eigenvalue weighted by atomic mass is 16.5. The molecule has 176 valence electrons. The van der Waals surface area contributed by atoms with E-state index in [-0.39, 0.29) is 29.8 Å². The number of benzene rings is 1. The van der Waals surface area contributed by atoms with E-state index in [2.05, 4.69) is 27.5 Å². The number of ether oxygens (including phenoxy) is 2. The van der Waals surface area contributed by atoms with Gasteiger partial charge in [-0.1, -0.05) is 24.3 Å². The molecule has 0 radical (unpaired) electrons. The molecule has 2 aromatic rings. The first-order valence-corrected chi connectivity index (χ1v) is 11.2. The van der Waals surface area contributed by atoms with Gasteiger partial charge in [-0.2, -0.15) is 0 Å². The van der Waals surface area contributed by atoms with Crippen LogP contribution in [0.15, 0.2) is 30.5 Å². The third-order valence-corrected chi connectivity index (χ3v) is 5.57. The lowest BCUT2D eigenvalue weighted by atomic mass is 10.0. The van der Waals surface area contributed by atoms with Crippen LogP contribution in [0.1, 0.15) is 37.9 Å². The lowest BCUT2D eigenvalue weighted by Crippen LogP contribution is -2.42. The first kappa shape index (κ1) is 24.2. The molecule has 3 rings (SSSR count). The Labute approximate surface area is 189 Å². The number of aromatic nitrogens is 3. The predicted molar refractivity (Wildman–Crippen MR) is 120 cm³/mol. The number of carbonyl (C=O) groups is 1. The number of cyclic esters (lactones) is 1. The standard InChI is InChI=1S/C23H35N5O4/c1-17-11-24-18(2)15-32-23(30)8-5-9-28-13-20(25-26-28)16-31-22(17)14-27(3)12-19-6-4-7-21(29)10-19/h4,6-7,10,13,17-18,22,24,29H,5,8-9,11-12,14-16H2,1-3H3/t17-,18-,22-/m1/s1. The van der Waals surface area contributed by atoms with E-state index in [0.29, 0.717) is 39.1 Å². The number of aromatic hydroxyl groups is 1. The summed E-state index contributed by atoms with van der Waals surface area (Å²) in [5, 5.41) is 21.5. The number of hydrogen-bond acceptors (Lipinski definition) is 8. The van der Waals surface area contributed by atoms with Crippen molar-refractivity contribution in [2.75, 3.05) is 26.7 Å². The van der Waals surface area contributed by atoms with Crippen molar-refractivity contribution in [2.45, 2.75) is 58.5 Å². The second-order valence-electron chi connectivity index (χ2n) is 8.76. The summed E-state index contributed by atoms with van der Waals surface area (Å²) in [6, 6.07) is 7.37. The van der Waals surface area contributed by atoms with Crippen LogP contribution in [-0.2, 0) is 34.0 Å². The van der Waals surface area contributed by atoms with E-state index in [1.807, 2.05) is 32.3 Å². The van der Waals surface area contributed by atoms with Gasteiger partial charge in [0.25, 0.3) is 0 Å². The molecule has 3 atom stereocenters. The fourth-order valence-electron chi connectivity index (χ4n) is 3.69. The van der Waals surface area contributed by atoms with E-state index in [0.717, 1.165) is 24.3 Å². The average Bonchev–Trinajstić information content (AvgIpc) is 3.20. The normalized spacial score (nSPS) is 23.8. The Balaban J connectivity index is 1.66. The minimum Gasteiger partial charge on any atom is -0.508 e. The zero-order valence-corrected chi connectivity index (χ0v) is 19.2. The number of rotatable bonds is 4. The molecule has 1 aromatic carbocycles. The molecule has 0 saturated carbocycles. The van der Waals surface area contributed by atoms with Crippen molar-refractivity contribution in [1.82, 2.24) is 25.2 Å². The highest BCUT2D eigenvalue weighted by Gasteiger charge is 2.22. The lowest BCUT2D eigenvalue weighted by molar-refractivity contribution is -0.144. The summed E-state index contributed by atoms with van der Waals surface area (Å²) in [4.78, 5) is 14.1. The van der Waals surface area contributed by atoms with Gasteiger partial charge >= 0.3 is 5.97 Å². The topological polar surface area (TPSA) is 102 Å². The van der Waals surface area contributed by atoms with E-state index >= 15 is 0 Å². The zero-order valence-electron chi connectivity index (χ0n) is 19.2. The molecule has 0 aliphatic carbocycles. The molecule has 2 N–H and O–H groups in total. The molecule has 1 aliphatic rings. The fraction of sp³-hybridized carbons (Fsp3) is 0.609. The second kappa shape index (κ2) is 11.9. The molecular weight excluding hydrogens is 410 g/mol. The van der Waals surface area contributed by atoms with Crippen molar-refractivity contribution in [3.8, 4) is 5.75 Å². The van der Waals surface area contributed by atoms with Gasteiger partial charge in [-0.15, -0.1) is 5.10 Å². The fourth-order valence-corrected chi connectivity index (χ4v) is 3.69. The van der Waals surface area contributed by atoms with Crippen LogP contribution in [0.4, 0.5) is 0 Å². The summed E-state index contributed by atoms with van der Waals surface area (Å²) in [7, 11) is 2.05. The molecule has 0 fully saturated rings. The molecule has 1 aromatic heterocycles. The zero-order chi connectivity index (χ0) is 22.9. The number of nitrogens with one attached hydrogen (secondary N) is 1. The van der Waals surface area contributed by atoms with Crippen LogP contribution in [0, 0.1) is 5.92 Å². The Morgan fingerprint density at radius 1 is 1.34 bits per heavy atom. The highest BCUT2D eigenvalue weighted by Crippen LogP contribution is 2.16. The predicted octanol–water partition coefficient (Wildman–Crippen LogP) is 1.95. The number of likely N-dealkylation sites (N-methyl/N-ethyl adjacent to an activating group) is 1. The summed E-state index contributed by atoms with van der Waals surface area (Å²) >= 11 is 0. The van der Waals surface area contributed by atoms with Gasteiger partial charge in [-0.05, 0) is 44.0 Å². The number of aryl methyl sites for hydroxylation is 1. The van der Waals surface area contributed by atoms with Crippen LogP contribution in [0.5, 0.6) is 5.75 Å². The number of esters is 1. The van der Waals surface area contributed by atoms with E-state index in [4.69, 9.17) is 9.47 Å². The van der Waals surface area contributed by atoms with Crippen molar-refractivity contribution in [2.24, 2.45) is 5.92 Å². The first-order valence-electron chi connectivity index (χ1n) is 11.2. The summed E-state index contributed by atoms with van der Waals surface area (Å²) < 4.78 is 13.4. The van der Waals surface area contributed by atoms with E-state index in [1.54, 1.807) is 16.8 Å². The largest absolute Gasteiger partial charge is 0.508 e. The van der Waals surface area contributed by atoms with Crippen molar-refractivity contribution in [1.29, 1.82) is 0 Å². The third kappa shape index (κ3) is 7.89. The number of phenolic OH excluding ortho intramolecular Hbond substituents is 1. The van der Waals surface area contributed by atoms with Gasteiger partial charge in [0.05, 0.1) is 18.9 Å². The smallest absolute Gasteiger partial charge is 0.305 e. The molecule has 9 nitrogen and oxygen atoms in total. The first-order chi connectivity index (χ1) is 15.4. The van der Waals surface area contributed by atoms with Crippen LogP contribution in [0.25, 0.3) is 0 Å². The van der Waals surface area contributed by atoms with E-state index < -0.39 is 0 Å².